The van der Waals surface area contributed by atoms with Crippen LogP contribution >= 0.6 is 22.7 Å². The molecule has 0 bridgehead atoms. The van der Waals surface area contributed by atoms with Gasteiger partial charge in [0, 0.05) is 125 Å². The molecule has 7 aliphatic carbocycles. The molecule has 7 N–H and O–H groups in total. The third kappa shape index (κ3) is 28.3. The van der Waals surface area contributed by atoms with Gasteiger partial charge in [0.2, 0.25) is 17.7 Å². The summed E-state index contributed by atoms with van der Waals surface area (Å²) in [6.07, 6.45) is 54.2. The summed E-state index contributed by atoms with van der Waals surface area (Å²) in [4.78, 5) is 149. The van der Waals surface area contributed by atoms with E-state index in [4.69, 9.17) is 19.9 Å². The van der Waals surface area contributed by atoms with Gasteiger partial charge < -0.3 is 46.4 Å². The highest BCUT2D eigenvalue weighted by molar-refractivity contribution is 7.14. The van der Waals surface area contributed by atoms with Crippen LogP contribution in [0.5, 0.6) is 0 Å². The first-order valence-electron chi connectivity index (χ1n) is 54.4. The summed E-state index contributed by atoms with van der Waals surface area (Å²) in [5, 5.41) is 39.6. The third-order valence-corrected chi connectivity index (χ3v) is 36.1. The van der Waals surface area contributed by atoms with Gasteiger partial charge >= 0.3 is 17.9 Å². The number of carboxylic acids is 3. The van der Waals surface area contributed by atoms with Gasteiger partial charge in [-0.1, -0.05) is 223 Å². The second-order valence-corrected chi connectivity index (χ2v) is 47.3. The van der Waals surface area contributed by atoms with Crippen LogP contribution in [0.25, 0.3) is 50.9 Å². The molecule has 0 radical (unpaired) electrons. The molecule has 4 unspecified atom stereocenters. The number of nitrogens with zero attached hydrogens (tertiary/aromatic N) is 8. The lowest BCUT2D eigenvalue weighted by Gasteiger charge is -2.39. The molecule has 5 aromatic heterocycles. The number of nitrogens with one attached hydrogen (secondary N) is 4. The Balaban J connectivity index is 0.000000158. The Morgan fingerprint density at radius 3 is 1.07 bits per heavy atom. The summed E-state index contributed by atoms with van der Waals surface area (Å²) in [6, 6.07) is 33.5. The molecule has 9 aliphatic rings. The molecule has 18 rings (SSSR count). The number of aromatic nitrogens is 6. The van der Waals surface area contributed by atoms with Crippen LogP contribution in [0.4, 0.5) is 0 Å². The van der Waals surface area contributed by atoms with E-state index in [2.05, 4.69) is 112 Å². The van der Waals surface area contributed by atoms with Crippen LogP contribution in [0.3, 0.4) is 0 Å². The Kier molecular flexibility index (Phi) is 36.2. The summed E-state index contributed by atoms with van der Waals surface area (Å²) < 4.78 is 0. The highest BCUT2D eigenvalue weighted by atomic mass is 32.1. The van der Waals surface area contributed by atoms with Crippen LogP contribution in [0.1, 0.15) is 333 Å². The molecule has 2 saturated heterocycles. The van der Waals surface area contributed by atoms with Crippen molar-refractivity contribution in [1.29, 1.82) is 0 Å². The highest BCUT2D eigenvalue weighted by Crippen LogP contribution is 2.47. The molecular weight excluding hydrogens is 1880 g/mol. The van der Waals surface area contributed by atoms with Crippen LogP contribution in [-0.2, 0) is 58.9 Å². The van der Waals surface area contributed by atoms with Crippen molar-refractivity contribution in [2.75, 3.05) is 19.6 Å². The fourth-order valence-corrected chi connectivity index (χ4v) is 25.0. The fraction of sp³-hybridized carbons (Fsp3) is 0.512. The van der Waals surface area contributed by atoms with Crippen LogP contribution in [0.15, 0.2) is 177 Å². The molecule has 6 amide bonds. The fourth-order valence-electron chi connectivity index (χ4n) is 23.1. The van der Waals surface area contributed by atoms with Gasteiger partial charge in [-0.05, 0) is 274 Å². The zero-order chi connectivity index (χ0) is 104. The molecule has 24 nitrogen and oxygen atoms in total. The van der Waals surface area contributed by atoms with E-state index in [0.29, 0.717) is 58.1 Å². The molecule has 0 spiro atoms. The van der Waals surface area contributed by atoms with E-state index in [1.165, 1.54) is 190 Å². The largest absolute Gasteiger partial charge is 0.481 e. The molecule has 26 heteroatoms. The Morgan fingerprint density at radius 2 is 0.748 bits per heavy atom. The molecule has 8 atom stereocenters. The summed E-state index contributed by atoms with van der Waals surface area (Å²) in [7, 11) is 0. The second-order valence-electron chi connectivity index (χ2n) is 45.1. The molecular formula is C121H150N12O12S2. The molecule has 2 aliphatic heterocycles. The number of amides is 6. The average molecular weight is 2030 g/mol. The van der Waals surface area contributed by atoms with E-state index in [-0.39, 0.29) is 72.7 Å². The zero-order valence-electron chi connectivity index (χ0n) is 87.4. The first-order valence-corrected chi connectivity index (χ1v) is 56.0. The van der Waals surface area contributed by atoms with Crippen LogP contribution < -0.4 is 21.3 Å². The Morgan fingerprint density at radius 1 is 0.388 bits per heavy atom. The Hall–Kier alpha value is -12.0. The van der Waals surface area contributed by atoms with E-state index < -0.39 is 59.9 Å². The predicted molar refractivity (Wildman–Crippen MR) is 580 cm³/mol. The van der Waals surface area contributed by atoms with Crippen molar-refractivity contribution >= 4 is 92.7 Å². The topological polar surface area (TPSA) is 346 Å². The number of carbonyl (C=O) groups excluding carboxylic acids is 6. The maximum atomic E-state index is 13.8. The van der Waals surface area contributed by atoms with Crippen molar-refractivity contribution in [1.82, 2.24) is 61.0 Å². The van der Waals surface area contributed by atoms with Crippen molar-refractivity contribution < 1.29 is 58.5 Å². The lowest BCUT2D eigenvalue weighted by atomic mass is 9.71. The molecule has 778 valence electrons. The van der Waals surface area contributed by atoms with Crippen molar-refractivity contribution in [3.05, 3.63) is 241 Å². The quantitative estimate of drug-likeness (QED) is 0.0206. The number of hydrogen-bond donors (Lipinski definition) is 7. The second kappa shape index (κ2) is 49.4. The minimum absolute atomic E-state index is 0.0990. The van der Waals surface area contributed by atoms with Gasteiger partial charge in [-0.2, -0.15) is 0 Å². The molecule has 4 aromatic carbocycles. The summed E-state index contributed by atoms with van der Waals surface area (Å²) in [5.41, 5.74) is 14.0. The van der Waals surface area contributed by atoms with E-state index in [1.807, 2.05) is 146 Å². The standard InChI is InChI=1S/C41H52N4O4S.C41H48N4O4.C39H50N4O4S/c1-5-26-8-12-28(13-9-26)29-16-18-30(19-17-29)32-24-42-37(43-25-32)31-14-10-27(11-15-31)23-33(39(47)45-22-6-7-34(45)40(48)49)44-38(46)35-20-21-36(50-35)41(2,3)4;1-2-26-3-7-28(8-4-26)29-13-15-32(16-14-29)35-22-42-38(43-23-35)33-9-5-27(6-10-33)21-37(40(47)45-24-36(25-45)41(48)49)44-39(46)34-19-17-31(18-20-34)30-11-12-30;1-6-25-7-11-27(12-8-25)28-15-17-29(18-16-28)31-22-40-35(41-23-31)30-13-9-26(10-14-30)21-32(36(44)42-24(2)38(46)47)43-37(45)33-19-20-34(48-33)39(3,4)5/h10-11,14-15,18,20-21,24-26,28-29,33-34H,5-9,12-13,16-17,19,22-23H2,1-4H3,(H,44,46)(H,48,49);5-6,9-10,15,17-20,22-23,26,28-30,36-37H,2-4,7-8,11-14,16,21,24-25H2,1H3,(H,44,46)(H,48,49);9-10,13-14,17,19-20,22-25,27-28,32H,6-8,11-12,15-16,18,21H2,1-5H3,(H,42,44)(H,43,45)(H,46,47)/t26?,28?,29?,33-,34?;26?,28?,29?,37-;24-,25?,27?,28?,32+/m001/s1. The van der Waals surface area contributed by atoms with Gasteiger partial charge in [0.1, 0.15) is 30.2 Å². The van der Waals surface area contributed by atoms with Crippen molar-refractivity contribution in [3.8, 4) is 34.2 Å². The number of likely N-dealkylation sites (tertiary alicyclic amines) is 2. The monoisotopic (exact) mass is 2030 g/mol. The predicted octanol–water partition coefficient (Wildman–Crippen LogP) is 23.5. The first kappa shape index (κ1) is 108. The number of carboxylic acid groups (broad SMARTS) is 3. The highest BCUT2D eigenvalue weighted by Gasteiger charge is 2.42. The number of aliphatic carboxylic acids is 3. The van der Waals surface area contributed by atoms with E-state index >= 15 is 0 Å². The zero-order valence-corrected chi connectivity index (χ0v) is 89.1. The van der Waals surface area contributed by atoms with E-state index in [1.54, 1.807) is 12.1 Å². The SMILES string of the molecule is CCC1CCC(C2CC=C(c3cnc(-c4ccc(C[C@H](NC(=O)c5ccc(C(C)(C)C)s5)C(=O)N5CCCC5C(=O)O)cc4)nc3)CC2)CC1.CCC1CCC(C2CC=C(c3cnc(-c4ccc(C[C@H](NC(=O)c5ccc(C(C)(C)C)s5)C(=O)N[C@H](C)C(=O)O)cc4)nc3)CC2)CC1.CCC1CCC(C2CC=C(c3cnc(-c4ccc(C[C@H](NC(=O)c5ccc(C6CC6)cc5)C(=O)N5CC(C(=O)O)C5)cc4)nc3)CC2)CC1. The first-order chi connectivity index (χ1) is 70.7. The number of thiophene rings is 2. The number of benzene rings is 4. The van der Waals surface area contributed by atoms with Gasteiger partial charge in [0.25, 0.3) is 17.7 Å². The molecule has 147 heavy (non-hydrogen) atoms. The van der Waals surface area contributed by atoms with Crippen LogP contribution in [0, 0.1) is 59.2 Å². The van der Waals surface area contributed by atoms with Gasteiger partial charge in [-0.15, -0.1) is 22.7 Å². The van der Waals surface area contributed by atoms with Gasteiger partial charge in [0.05, 0.1) is 15.7 Å². The van der Waals surface area contributed by atoms with Crippen molar-refractivity contribution in [3.63, 3.8) is 0 Å². The van der Waals surface area contributed by atoms with E-state index in [9.17, 15) is 58.5 Å². The summed E-state index contributed by atoms with van der Waals surface area (Å²) in [6.45, 7) is 21.6. The lowest BCUT2D eigenvalue weighted by molar-refractivity contribution is -0.153. The molecule has 6 fully saturated rings. The summed E-state index contributed by atoms with van der Waals surface area (Å²) >= 11 is 2.80. The number of carbonyl (C=O) groups is 9. The molecule has 4 saturated carbocycles. The smallest absolute Gasteiger partial charge is 0.326 e. The van der Waals surface area contributed by atoms with Gasteiger partial charge in [-0.3, -0.25) is 38.4 Å². The van der Waals surface area contributed by atoms with Crippen LogP contribution in [-0.4, -0.2) is 158 Å². The van der Waals surface area contributed by atoms with Gasteiger partial charge in [-0.25, -0.2) is 34.7 Å². The Bertz CT molecular complexity index is 6130. The number of rotatable bonds is 32. The number of allylic oxidation sites excluding steroid dienone is 6. The third-order valence-electron chi connectivity index (χ3n) is 33.1. The normalized spacial score (nSPS) is 22.6. The molecule has 9 aromatic rings. The van der Waals surface area contributed by atoms with Crippen molar-refractivity contribution in [2.24, 2.45) is 59.2 Å². The summed E-state index contributed by atoms with van der Waals surface area (Å²) in [5.74, 6) is 4.54. The van der Waals surface area contributed by atoms with Gasteiger partial charge in [0.15, 0.2) is 17.5 Å². The minimum atomic E-state index is -1.15. The number of hydrogen-bond acceptors (Lipinski definition) is 17. The van der Waals surface area contributed by atoms with Crippen LogP contribution in [0.2, 0.25) is 0 Å². The average Bonchev–Trinajstić information content (AvgIpc) is 1.25. The maximum absolute atomic E-state index is 13.8. The minimum Gasteiger partial charge on any atom is -0.481 e. The maximum Gasteiger partial charge on any atom is 0.326 e. The lowest BCUT2D eigenvalue weighted by Crippen LogP contribution is -2.59. The molecule has 7 heterocycles. The van der Waals surface area contributed by atoms with E-state index in [0.717, 1.165) is 152 Å². The Labute approximate surface area is 875 Å². The van der Waals surface area contributed by atoms with Crippen molar-refractivity contribution in [2.45, 2.75) is 315 Å².